The molecular formula is C16H21BrN4O2. The summed E-state index contributed by atoms with van der Waals surface area (Å²) in [7, 11) is 0. The second kappa shape index (κ2) is 6.11. The van der Waals surface area contributed by atoms with E-state index in [4.69, 9.17) is 4.74 Å². The van der Waals surface area contributed by atoms with E-state index in [-0.39, 0.29) is 6.09 Å². The van der Waals surface area contributed by atoms with Gasteiger partial charge in [-0.1, -0.05) is 0 Å². The first-order valence-electron chi connectivity index (χ1n) is 7.82. The molecule has 7 heteroatoms. The summed E-state index contributed by atoms with van der Waals surface area (Å²) >= 11 is 3.45. The summed E-state index contributed by atoms with van der Waals surface area (Å²) in [6, 6.07) is 4.08. The maximum Gasteiger partial charge on any atom is 0.410 e. The molecule has 1 aliphatic rings. The number of hydrogen-bond donors (Lipinski definition) is 0. The number of rotatable bonds is 1. The van der Waals surface area contributed by atoms with Gasteiger partial charge in [-0.2, -0.15) is 14.8 Å². The van der Waals surface area contributed by atoms with Crippen LogP contribution in [0.5, 0.6) is 0 Å². The standard InChI is InChI=1S/C16H21BrN4O2/c1-16(2,3)23-15(22)20-8-6-11(7-9-20)13-4-5-14-12(17)10-18-21(14)19-13/h4-5,10-11H,6-9H2,1-3H3. The van der Waals surface area contributed by atoms with Gasteiger partial charge in [0, 0.05) is 19.0 Å². The average Bonchev–Trinajstić information content (AvgIpc) is 2.87. The lowest BCUT2D eigenvalue weighted by molar-refractivity contribution is 0.0204. The van der Waals surface area contributed by atoms with Gasteiger partial charge in [0.2, 0.25) is 0 Å². The van der Waals surface area contributed by atoms with Crippen LogP contribution in [0.1, 0.15) is 45.2 Å². The Hall–Kier alpha value is -1.63. The molecule has 6 nitrogen and oxygen atoms in total. The lowest BCUT2D eigenvalue weighted by Crippen LogP contribution is -2.41. The molecule has 124 valence electrons. The number of ether oxygens (including phenoxy) is 1. The minimum absolute atomic E-state index is 0.227. The number of aromatic nitrogens is 3. The maximum absolute atomic E-state index is 12.1. The lowest BCUT2D eigenvalue weighted by atomic mass is 9.93. The van der Waals surface area contributed by atoms with Gasteiger partial charge in [0.05, 0.1) is 16.4 Å². The molecule has 3 heterocycles. The van der Waals surface area contributed by atoms with Crippen LogP contribution in [0.25, 0.3) is 5.52 Å². The molecule has 1 amide bonds. The number of piperidine rings is 1. The topological polar surface area (TPSA) is 59.7 Å². The van der Waals surface area contributed by atoms with Gasteiger partial charge in [0.15, 0.2) is 0 Å². The Morgan fingerprint density at radius 3 is 2.65 bits per heavy atom. The molecule has 1 aliphatic heterocycles. The first kappa shape index (κ1) is 16.2. The molecule has 0 N–H and O–H groups in total. The van der Waals surface area contributed by atoms with Crippen LogP contribution in [-0.2, 0) is 4.74 Å². The predicted octanol–water partition coefficient (Wildman–Crippen LogP) is 3.61. The van der Waals surface area contributed by atoms with E-state index in [2.05, 4.69) is 32.2 Å². The van der Waals surface area contributed by atoms with Crippen molar-refractivity contribution in [1.82, 2.24) is 19.7 Å². The highest BCUT2D eigenvalue weighted by Gasteiger charge is 2.28. The van der Waals surface area contributed by atoms with Crippen LogP contribution >= 0.6 is 15.9 Å². The SMILES string of the molecule is CC(C)(C)OC(=O)N1CCC(c2ccc3c(Br)cnn3n2)CC1. The summed E-state index contributed by atoms with van der Waals surface area (Å²) in [4.78, 5) is 13.9. The van der Waals surface area contributed by atoms with Crippen LogP contribution in [0.3, 0.4) is 0 Å². The first-order chi connectivity index (χ1) is 10.8. The second-order valence-electron chi connectivity index (χ2n) is 6.87. The number of carbonyl (C=O) groups is 1. The highest BCUT2D eigenvalue weighted by Crippen LogP contribution is 2.28. The van der Waals surface area contributed by atoms with Crippen molar-refractivity contribution in [3.63, 3.8) is 0 Å². The van der Waals surface area contributed by atoms with Gasteiger partial charge in [-0.15, -0.1) is 0 Å². The van der Waals surface area contributed by atoms with Gasteiger partial charge in [-0.25, -0.2) is 4.79 Å². The molecule has 2 aromatic rings. The van der Waals surface area contributed by atoms with Crippen molar-refractivity contribution in [3.05, 3.63) is 28.5 Å². The van der Waals surface area contributed by atoms with Crippen LogP contribution < -0.4 is 0 Å². The Balaban J connectivity index is 1.65. The molecule has 23 heavy (non-hydrogen) atoms. The molecule has 0 saturated carbocycles. The number of halogens is 1. The highest BCUT2D eigenvalue weighted by molar-refractivity contribution is 9.10. The van der Waals surface area contributed by atoms with Crippen molar-refractivity contribution < 1.29 is 9.53 Å². The van der Waals surface area contributed by atoms with Crippen LogP contribution in [0.2, 0.25) is 0 Å². The fourth-order valence-electron chi connectivity index (χ4n) is 2.76. The predicted molar refractivity (Wildman–Crippen MR) is 90.5 cm³/mol. The van der Waals surface area contributed by atoms with Crippen LogP contribution in [-0.4, -0.2) is 44.5 Å². The van der Waals surface area contributed by atoms with Gasteiger partial charge in [-0.3, -0.25) is 0 Å². The fourth-order valence-corrected chi connectivity index (χ4v) is 3.15. The largest absolute Gasteiger partial charge is 0.444 e. The van der Waals surface area contributed by atoms with E-state index in [9.17, 15) is 4.79 Å². The molecule has 2 aromatic heterocycles. The number of likely N-dealkylation sites (tertiary alicyclic amines) is 1. The van der Waals surface area contributed by atoms with E-state index in [0.29, 0.717) is 19.0 Å². The molecule has 0 unspecified atom stereocenters. The zero-order chi connectivity index (χ0) is 16.6. The Bertz CT molecular complexity index is 714. The number of amides is 1. The van der Waals surface area contributed by atoms with Crippen molar-refractivity contribution >= 4 is 27.5 Å². The number of nitrogens with zero attached hydrogens (tertiary/aromatic N) is 4. The minimum atomic E-state index is -0.450. The van der Waals surface area contributed by atoms with Crippen LogP contribution in [0.15, 0.2) is 22.8 Å². The number of hydrogen-bond acceptors (Lipinski definition) is 4. The van der Waals surface area contributed by atoms with Crippen molar-refractivity contribution in [3.8, 4) is 0 Å². The van der Waals surface area contributed by atoms with Crippen molar-refractivity contribution in [2.75, 3.05) is 13.1 Å². The van der Waals surface area contributed by atoms with E-state index in [1.165, 1.54) is 0 Å². The maximum atomic E-state index is 12.1. The summed E-state index contributed by atoms with van der Waals surface area (Å²) in [6.07, 6.45) is 3.30. The molecule has 0 spiro atoms. The molecule has 0 radical (unpaired) electrons. The third kappa shape index (κ3) is 3.65. The van der Waals surface area contributed by atoms with Crippen molar-refractivity contribution in [2.24, 2.45) is 0 Å². The monoisotopic (exact) mass is 380 g/mol. The lowest BCUT2D eigenvalue weighted by Gasteiger charge is -2.33. The molecule has 0 aliphatic carbocycles. The summed E-state index contributed by atoms with van der Waals surface area (Å²) in [5.74, 6) is 0.348. The van der Waals surface area contributed by atoms with Crippen LogP contribution in [0.4, 0.5) is 4.79 Å². The van der Waals surface area contributed by atoms with Gasteiger partial charge in [-0.05, 0) is 61.7 Å². The van der Waals surface area contributed by atoms with E-state index in [1.807, 2.05) is 26.8 Å². The number of carbonyl (C=O) groups excluding carboxylic acids is 1. The van der Waals surface area contributed by atoms with Gasteiger partial charge >= 0.3 is 6.09 Å². The molecule has 1 fully saturated rings. The Morgan fingerprint density at radius 1 is 1.30 bits per heavy atom. The second-order valence-corrected chi connectivity index (χ2v) is 7.72. The zero-order valence-corrected chi connectivity index (χ0v) is 15.2. The molecule has 0 atom stereocenters. The first-order valence-corrected chi connectivity index (χ1v) is 8.61. The Morgan fingerprint density at radius 2 is 2.00 bits per heavy atom. The average molecular weight is 381 g/mol. The molecular weight excluding hydrogens is 360 g/mol. The molecule has 1 saturated heterocycles. The summed E-state index contributed by atoms with van der Waals surface area (Å²) in [5.41, 5.74) is 1.53. The van der Waals surface area contributed by atoms with E-state index in [0.717, 1.165) is 28.5 Å². The fraction of sp³-hybridized carbons (Fsp3) is 0.562. The Labute approximate surface area is 143 Å². The van der Waals surface area contributed by atoms with Gasteiger partial charge in [0.25, 0.3) is 0 Å². The highest BCUT2D eigenvalue weighted by atomic mass is 79.9. The smallest absolute Gasteiger partial charge is 0.410 e. The summed E-state index contributed by atoms with van der Waals surface area (Å²) in [6.45, 7) is 7.06. The van der Waals surface area contributed by atoms with Gasteiger partial charge < -0.3 is 9.64 Å². The molecule has 0 aromatic carbocycles. The third-order valence-corrected chi connectivity index (χ3v) is 4.54. The van der Waals surface area contributed by atoms with Crippen molar-refractivity contribution in [2.45, 2.75) is 45.1 Å². The van der Waals surface area contributed by atoms with Gasteiger partial charge in [0.1, 0.15) is 11.1 Å². The van der Waals surface area contributed by atoms with E-state index >= 15 is 0 Å². The quantitative estimate of drug-likeness (QED) is 0.757. The normalized spacial score (nSPS) is 16.8. The molecule has 3 rings (SSSR count). The molecule has 0 bridgehead atoms. The van der Waals surface area contributed by atoms with Crippen LogP contribution in [0, 0.1) is 0 Å². The summed E-state index contributed by atoms with van der Waals surface area (Å²) < 4.78 is 8.02. The minimum Gasteiger partial charge on any atom is -0.444 e. The van der Waals surface area contributed by atoms with E-state index < -0.39 is 5.60 Å². The zero-order valence-electron chi connectivity index (χ0n) is 13.6. The third-order valence-electron chi connectivity index (χ3n) is 3.93. The van der Waals surface area contributed by atoms with E-state index in [1.54, 1.807) is 15.7 Å². The number of fused-ring (bicyclic) bond motifs is 1. The summed E-state index contributed by atoms with van der Waals surface area (Å²) in [5, 5.41) is 8.82. The Kier molecular flexibility index (Phi) is 4.31. The van der Waals surface area contributed by atoms with Crippen molar-refractivity contribution in [1.29, 1.82) is 0 Å².